The van der Waals surface area contributed by atoms with Crippen molar-refractivity contribution in [2.24, 2.45) is 0 Å². The molecular weight excluding hydrogens is 370 g/mol. The number of carbonyl (C=O) groups excluding carboxylic acids is 4. The van der Waals surface area contributed by atoms with Crippen LogP contribution < -0.4 is 16.0 Å². The molecule has 3 N–H and O–H groups in total. The van der Waals surface area contributed by atoms with E-state index in [0.717, 1.165) is 0 Å². The number of hydrogen-bond donors (Lipinski definition) is 3. The highest BCUT2D eigenvalue weighted by atomic mass is 32.1. The van der Waals surface area contributed by atoms with Crippen molar-refractivity contribution in [3.05, 3.63) is 21.9 Å². The fraction of sp³-hybridized carbons (Fsp3) is 0.556. The molecule has 2 rings (SSSR count). The first kappa shape index (κ1) is 24.7. The van der Waals surface area contributed by atoms with E-state index >= 15 is 0 Å². The van der Waals surface area contributed by atoms with E-state index in [9.17, 15) is 19.2 Å². The largest absolute Gasteiger partial charge is 0.379 e. The van der Waals surface area contributed by atoms with E-state index in [-0.39, 0.29) is 17.9 Å². The predicted octanol–water partition coefficient (Wildman–Crippen LogP) is 1.27. The summed E-state index contributed by atoms with van der Waals surface area (Å²) >= 11 is 1.70. The Labute approximate surface area is 164 Å². The highest BCUT2D eigenvalue weighted by Crippen LogP contribution is 2.12. The molecule has 1 aliphatic heterocycles. The van der Waals surface area contributed by atoms with Crippen molar-refractivity contribution in [3.8, 4) is 0 Å². The van der Waals surface area contributed by atoms with Crippen molar-refractivity contribution in [3.63, 3.8) is 0 Å². The van der Waals surface area contributed by atoms with Gasteiger partial charge in [0.05, 0.1) is 5.60 Å². The first-order chi connectivity index (χ1) is 12.6. The second-order valence-corrected chi connectivity index (χ2v) is 7.78. The Morgan fingerprint density at radius 1 is 1.30 bits per heavy atom. The standard InChI is InChI=1S/C7H9NOS.C6H8N2O3.C5H12O/c1-6-2-7(4-10-6)3-8-5-9;9-3-7-4-1-2-5(10)8-6(4)11;1-5(2,3)6-4/h2,4-5H,3H2,1H3,(H,8,9);3-4H,1-2H2,(H,7,9)(H,8,10,11);1-4H3. The molecule has 1 atom stereocenters. The molecule has 1 saturated heterocycles. The van der Waals surface area contributed by atoms with Gasteiger partial charge in [-0.05, 0) is 51.1 Å². The van der Waals surface area contributed by atoms with E-state index in [1.54, 1.807) is 18.4 Å². The maximum Gasteiger partial charge on any atom is 0.249 e. The van der Waals surface area contributed by atoms with Gasteiger partial charge in [0.2, 0.25) is 24.6 Å². The van der Waals surface area contributed by atoms with Crippen LogP contribution in [0.4, 0.5) is 0 Å². The topological polar surface area (TPSA) is 114 Å². The molecule has 9 heteroatoms. The molecule has 0 spiro atoms. The van der Waals surface area contributed by atoms with Crippen molar-refractivity contribution in [2.45, 2.75) is 58.7 Å². The number of hydrogen-bond acceptors (Lipinski definition) is 6. The summed E-state index contributed by atoms with van der Waals surface area (Å²) in [5, 5.41) is 9.08. The van der Waals surface area contributed by atoms with Gasteiger partial charge < -0.3 is 15.4 Å². The Balaban J connectivity index is 0.000000394. The number of thiophene rings is 1. The van der Waals surface area contributed by atoms with E-state index in [1.165, 1.54) is 10.4 Å². The van der Waals surface area contributed by atoms with E-state index in [4.69, 9.17) is 4.74 Å². The lowest BCUT2D eigenvalue weighted by Crippen LogP contribution is -2.50. The summed E-state index contributed by atoms with van der Waals surface area (Å²) in [6.45, 7) is 8.76. The second kappa shape index (κ2) is 13.0. The molecule has 1 fully saturated rings. The molecule has 0 saturated carbocycles. The van der Waals surface area contributed by atoms with Crippen LogP contribution in [0.1, 0.15) is 44.1 Å². The van der Waals surface area contributed by atoms with Gasteiger partial charge >= 0.3 is 0 Å². The molecular formula is C18H29N3O5S. The average molecular weight is 400 g/mol. The van der Waals surface area contributed by atoms with Crippen LogP contribution in [0.3, 0.4) is 0 Å². The minimum atomic E-state index is -0.537. The Hall–Kier alpha value is -2.26. The van der Waals surface area contributed by atoms with E-state index < -0.39 is 11.9 Å². The van der Waals surface area contributed by atoms with Crippen molar-refractivity contribution in [1.29, 1.82) is 0 Å². The second-order valence-electron chi connectivity index (χ2n) is 6.67. The minimum absolute atomic E-state index is 0.0417. The molecule has 2 heterocycles. The van der Waals surface area contributed by atoms with Crippen LogP contribution >= 0.6 is 11.3 Å². The van der Waals surface area contributed by atoms with Gasteiger partial charge in [0.25, 0.3) is 0 Å². The number of aryl methyl sites for hydroxylation is 1. The van der Waals surface area contributed by atoms with Crippen LogP contribution in [0.5, 0.6) is 0 Å². The van der Waals surface area contributed by atoms with Crippen LogP contribution in [0.2, 0.25) is 0 Å². The fourth-order valence-electron chi connectivity index (χ4n) is 1.68. The molecule has 1 aromatic rings. The van der Waals surface area contributed by atoms with Gasteiger partial charge in [0.15, 0.2) is 0 Å². The maximum atomic E-state index is 10.8. The Kier molecular flexibility index (Phi) is 11.9. The quantitative estimate of drug-likeness (QED) is 0.510. The van der Waals surface area contributed by atoms with Crippen molar-refractivity contribution in [2.75, 3.05) is 7.11 Å². The predicted molar refractivity (Wildman–Crippen MR) is 104 cm³/mol. The minimum Gasteiger partial charge on any atom is -0.379 e. The van der Waals surface area contributed by atoms with Crippen molar-refractivity contribution >= 4 is 36.0 Å². The monoisotopic (exact) mass is 399 g/mol. The number of methoxy groups -OCH3 is 1. The molecule has 0 aromatic carbocycles. The van der Waals surface area contributed by atoms with Gasteiger partial charge in [-0.25, -0.2) is 0 Å². The lowest BCUT2D eigenvalue weighted by atomic mass is 10.1. The average Bonchev–Trinajstić information content (AvgIpc) is 3.01. The fourth-order valence-corrected chi connectivity index (χ4v) is 2.39. The van der Waals surface area contributed by atoms with E-state index in [1.807, 2.05) is 26.2 Å². The first-order valence-corrected chi connectivity index (χ1v) is 9.30. The van der Waals surface area contributed by atoms with Gasteiger partial charge in [-0.15, -0.1) is 11.3 Å². The van der Waals surface area contributed by atoms with Gasteiger partial charge in [-0.3, -0.25) is 24.5 Å². The SMILES string of the molecule is COC(C)(C)C.Cc1cc(CNC=O)cs1.O=CNC1CCC(=O)NC1=O. The number of rotatable bonds is 5. The number of nitrogens with one attached hydrogen (secondary N) is 3. The van der Waals surface area contributed by atoms with Gasteiger partial charge in [0, 0.05) is 25.0 Å². The third kappa shape index (κ3) is 12.7. The normalized spacial score (nSPS) is 16.0. The third-order valence-corrected chi connectivity index (χ3v) is 4.21. The molecule has 4 amide bonds. The summed E-state index contributed by atoms with van der Waals surface area (Å²) in [4.78, 5) is 42.5. The number of piperidine rings is 1. The van der Waals surface area contributed by atoms with Gasteiger partial charge in [-0.2, -0.15) is 0 Å². The van der Waals surface area contributed by atoms with Gasteiger partial charge in [-0.1, -0.05) is 0 Å². The number of carbonyl (C=O) groups is 4. The molecule has 152 valence electrons. The van der Waals surface area contributed by atoms with Crippen LogP contribution in [-0.4, -0.2) is 43.4 Å². The molecule has 0 radical (unpaired) electrons. The molecule has 1 aliphatic rings. The highest BCUT2D eigenvalue weighted by molar-refractivity contribution is 7.10. The lowest BCUT2D eigenvalue weighted by molar-refractivity contribution is -0.135. The maximum absolute atomic E-state index is 10.8. The Morgan fingerprint density at radius 3 is 2.33 bits per heavy atom. The van der Waals surface area contributed by atoms with Crippen LogP contribution in [0, 0.1) is 6.92 Å². The summed E-state index contributed by atoms with van der Waals surface area (Å²) in [5.74, 6) is -0.702. The van der Waals surface area contributed by atoms with Crippen LogP contribution in [0.25, 0.3) is 0 Å². The van der Waals surface area contributed by atoms with Crippen molar-refractivity contribution in [1.82, 2.24) is 16.0 Å². The molecule has 27 heavy (non-hydrogen) atoms. The molecule has 0 aliphatic carbocycles. The smallest absolute Gasteiger partial charge is 0.249 e. The van der Waals surface area contributed by atoms with E-state index in [0.29, 0.717) is 25.8 Å². The lowest BCUT2D eigenvalue weighted by Gasteiger charge is -2.19. The molecule has 8 nitrogen and oxygen atoms in total. The van der Waals surface area contributed by atoms with Crippen molar-refractivity contribution < 1.29 is 23.9 Å². The van der Waals surface area contributed by atoms with Crippen LogP contribution in [-0.2, 0) is 30.5 Å². The summed E-state index contributed by atoms with van der Waals surface area (Å²) in [7, 11) is 1.71. The molecule has 0 bridgehead atoms. The molecule has 1 aromatic heterocycles. The Morgan fingerprint density at radius 2 is 1.93 bits per heavy atom. The Bertz CT molecular complexity index is 610. The number of imide groups is 1. The number of ether oxygens (including phenoxy) is 1. The summed E-state index contributed by atoms with van der Waals surface area (Å²) in [6, 6.07) is 1.53. The van der Waals surface area contributed by atoms with Gasteiger partial charge in [0.1, 0.15) is 6.04 Å². The summed E-state index contributed by atoms with van der Waals surface area (Å²) < 4.78 is 4.94. The van der Waals surface area contributed by atoms with Crippen LogP contribution in [0.15, 0.2) is 11.4 Å². The highest BCUT2D eigenvalue weighted by Gasteiger charge is 2.25. The zero-order valence-electron chi connectivity index (χ0n) is 16.5. The first-order valence-electron chi connectivity index (χ1n) is 8.42. The summed E-state index contributed by atoms with van der Waals surface area (Å²) in [6.07, 6.45) is 1.85. The summed E-state index contributed by atoms with van der Waals surface area (Å²) in [5.41, 5.74) is 1.22. The zero-order valence-corrected chi connectivity index (χ0v) is 17.3. The molecule has 1 unspecified atom stereocenters. The number of amides is 4. The third-order valence-electron chi connectivity index (χ3n) is 3.30. The van der Waals surface area contributed by atoms with E-state index in [2.05, 4.69) is 28.9 Å². The zero-order chi connectivity index (χ0) is 20.9.